The van der Waals surface area contributed by atoms with Gasteiger partial charge in [-0.05, 0) is 35.4 Å². The summed E-state index contributed by atoms with van der Waals surface area (Å²) in [6.45, 7) is -1.39. The number of phenolic OH excluding ortho intramolecular Hbond substituents is 1. The van der Waals surface area contributed by atoms with Gasteiger partial charge in [0.2, 0.25) is 0 Å². The second-order valence-electron chi connectivity index (χ2n) is 8.52. The molecule has 1 saturated heterocycles. The van der Waals surface area contributed by atoms with E-state index in [2.05, 4.69) is 0 Å². The third-order valence-electron chi connectivity index (χ3n) is 6.06. The van der Waals surface area contributed by atoms with E-state index in [0.717, 1.165) is 5.56 Å². The third-order valence-corrected chi connectivity index (χ3v) is 6.06. The summed E-state index contributed by atoms with van der Waals surface area (Å²) in [5.74, 6) is 0.496. The number of aromatic hydroxyl groups is 1. The predicted molar refractivity (Wildman–Crippen MR) is 133 cm³/mol. The second kappa shape index (κ2) is 13.7. The SMILES string of the molecule is COc1cc(C(O[C@@H]2O[C@H](CO)[C@@H](O)[C@H](O)[C@H]2O)C(CO)Oc2ccc(/C=C/CO)cc2OC)ccc1O. The molecule has 1 aliphatic rings. The van der Waals surface area contributed by atoms with Crippen LogP contribution in [0.5, 0.6) is 23.0 Å². The van der Waals surface area contributed by atoms with Gasteiger partial charge >= 0.3 is 0 Å². The van der Waals surface area contributed by atoms with Gasteiger partial charge < -0.3 is 59.4 Å². The van der Waals surface area contributed by atoms with Crippen LogP contribution < -0.4 is 14.2 Å². The van der Waals surface area contributed by atoms with Crippen LogP contribution in [-0.4, -0.2) is 107 Å². The fourth-order valence-electron chi connectivity index (χ4n) is 4.01. The summed E-state index contributed by atoms with van der Waals surface area (Å²) in [5.41, 5.74) is 1.07. The number of benzene rings is 2. The van der Waals surface area contributed by atoms with E-state index in [9.17, 15) is 30.6 Å². The van der Waals surface area contributed by atoms with E-state index >= 15 is 0 Å². The zero-order valence-corrected chi connectivity index (χ0v) is 21.0. The minimum absolute atomic E-state index is 0.0965. The normalized spacial score (nSPS) is 25.2. The predicted octanol–water partition coefficient (Wildman–Crippen LogP) is -0.288. The maximum absolute atomic E-state index is 10.5. The molecule has 0 bridgehead atoms. The molecule has 0 radical (unpaired) electrons. The molecule has 7 N–H and O–H groups in total. The molecule has 1 aliphatic heterocycles. The lowest BCUT2D eigenvalue weighted by atomic mass is 9.98. The molecule has 3 rings (SSSR count). The van der Waals surface area contributed by atoms with Crippen molar-refractivity contribution >= 4 is 6.08 Å². The molecule has 12 heteroatoms. The Morgan fingerprint density at radius 1 is 0.895 bits per heavy atom. The molecule has 1 fully saturated rings. The topological polar surface area (TPSA) is 188 Å². The lowest BCUT2D eigenvalue weighted by Gasteiger charge is -2.41. The molecule has 0 amide bonds. The largest absolute Gasteiger partial charge is 0.504 e. The fraction of sp³-hybridized carbons (Fsp3) is 0.462. The fourth-order valence-corrected chi connectivity index (χ4v) is 4.01. The Bertz CT molecular complexity index is 1060. The van der Waals surface area contributed by atoms with E-state index in [4.69, 9.17) is 28.8 Å². The molecule has 2 aromatic rings. The van der Waals surface area contributed by atoms with E-state index in [1.807, 2.05) is 0 Å². The smallest absolute Gasteiger partial charge is 0.187 e. The average Bonchev–Trinajstić information content (AvgIpc) is 2.94. The first kappa shape index (κ1) is 29.6. The van der Waals surface area contributed by atoms with E-state index in [0.29, 0.717) is 11.3 Å². The van der Waals surface area contributed by atoms with Crippen molar-refractivity contribution < 1.29 is 59.4 Å². The zero-order chi connectivity index (χ0) is 27.8. The van der Waals surface area contributed by atoms with Crippen LogP contribution in [0.15, 0.2) is 42.5 Å². The molecule has 0 aromatic heterocycles. The molecule has 0 saturated carbocycles. The number of phenols is 1. The van der Waals surface area contributed by atoms with E-state index < -0.39 is 56.1 Å². The van der Waals surface area contributed by atoms with Crippen LogP contribution >= 0.6 is 0 Å². The minimum Gasteiger partial charge on any atom is -0.504 e. The van der Waals surface area contributed by atoms with Crippen LogP contribution in [0.25, 0.3) is 6.08 Å². The summed E-state index contributed by atoms with van der Waals surface area (Å²) >= 11 is 0. The van der Waals surface area contributed by atoms with Gasteiger partial charge in [0.05, 0.1) is 34.0 Å². The van der Waals surface area contributed by atoms with Crippen molar-refractivity contribution in [2.75, 3.05) is 34.0 Å². The Labute approximate surface area is 219 Å². The maximum atomic E-state index is 10.5. The van der Waals surface area contributed by atoms with Crippen LogP contribution in [0, 0.1) is 0 Å². The summed E-state index contributed by atoms with van der Waals surface area (Å²) in [5, 5.41) is 69.8. The first-order valence-electron chi connectivity index (χ1n) is 11.8. The van der Waals surface area contributed by atoms with Gasteiger partial charge in [0.1, 0.15) is 30.5 Å². The number of aliphatic hydroxyl groups is 6. The number of hydrogen-bond donors (Lipinski definition) is 7. The monoisotopic (exact) mass is 538 g/mol. The Kier molecular flexibility index (Phi) is 10.7. The summed E-state index contributed by atoms with van der Waals surface area (Å²) < 4.78 is 28.2. The van der Waals surface area contributed by atoms with Gasteiger partial charge in [-0.3, -0.25) is 0 Å². The van der Waals surface area contributed by atoms with Gasteiger partial charge in [0.25, 0.3) is 0 Å². The molecular formula is C26H34O12. The van der Waals surface area contributed by atoms with Crippen LogP contribution in [0.4, 0.5) is 0 Å². The van der Waals surface area contributed by atoms with Crippen molar-refractivity contribution in [1.82, 2.24) is 0 Å². The second-order valence-corrected chi connectivity index (χ2v) is 8.52. The first-order valence-corrected chi connectivity index (χ1v) is 11.8. The zero-order valence-electron chi connectivity index (χ0n) is 21.0. The molecule has 1 heterocycles. The summed E-state index contributed by atoms with van der Waals surface area (Å²) in [6, 6.07) is 9.23. The number of methoxy groups -OCH3 is 2. The van der Waals surface area contributed by atoms with Gasteiger partial charge in [-0.15, -0.1) is 0 Å². The Morgan fingerprint density at radius 3 is 2.26 bits per heavy atom. The number of aliphatic hydroxyl groups excluding tert-OH is 6. The highest BCUT2D eigenvalue weighted by Crippen LogP contribution is 2.37. The van der Waals surface area contributed by atoms with Crippen LogP contribution in [-0.2, 0) is 9.47 Å². The average molecular weight is 539 g/mol. The van der Waals surface area contributed by atoms with Crippen molar-refractivity contribution in [3.8, 4) is 23.0 Å². The molecular weight excluding hydrogens is 504 g/mol. The quantitative estimate of drug-likeness (QED) is 0.187. The van der Waals surface area contributed by atoms with Crippen molar-refractivity contribution in [2.24, 2.45) is 0 Å². The van der Waals surface area contributed by atoms with E-state index in [1.165, 1.54) is 32.4 Å². The van der Waals surface area contributed by atoms with Gasteiger partial charge in [-0.1, -0.05) is 24.3 Å². The molecule has 2 aromatic carbocycles. The lowest BCUT2D eigenvalue weighted by molar-refractivity contribution is -0.318. The maximum Gasteiger partial charge on any atom is 0.187 e. The van der Waals surface area contributed by atoms with Gasteiger partial charge in [-0.2, -0.15) is 0 Å². The molecule has 0 aliphatic carbocycles. The summed E-state index contributed by atoms with van der Waals surface area (Å²) in [4.78, 5) is 0. The van der Waals surface area contributed by atoms with Crippen LogP contribution in [0.2, 0.25) is 0 Å². The highest BCUT2D eigenvalue weighted by molar-refractivity contribution is 5.56. The van der Waals surface area contributed by atoms with E-state index in [1.54, 1.807) is 30.4 Å². The van der Waals surface area contributed by atoms with E-state index in [-0.39, 0.29) is 23.9 Å². The highest BCUT2D eigenvalue weighted by Gasteiger charge is 2.46. The van der Waals surface area contributed by atoms with Crippen molar-refractivity contribution in [3.63, 3.8) is 0 Å². The first-order chi connectivity index (χ1) is 18.3. The third kappa shape index (κ3) is 6.73. The molecule has 0 spiro atoms. The van der Waals surface area contributed by atoms with Crippen LogP contribution in [0.3, 0.4) is 0 Å². The highest BCUT2D eigenvalue weighted by atomic mass is 16.7. The van der Waals surface area contributed by atoms with Crippen LogP contribution in [0.1, 0.15) is 17.2 Å². The minimum atomic E-state index is -1.71. The summed E-state index contributed by atoms with van der Waals surface area (Å²) in [6.07, 6.45) is -6.84. The van der Waals surface area contributed by atoms with Crippen molar-refractivity contribution in [1.29, 1.82) is 0 Å². The number of ether oxygens (including phenoxy) is 5. The number of hydrogen-bond acceptors (Lipinski definition) is 12. The van der Waals surface area contributed by atoms with Gasteiger partial charge in [0, 0.05) is 0 Å². The van der Waals surface area contributed by atoms with Gasteiger partial charge in [-0.25, -0.2) is 0 Å². The standard InChI is InChI=1S/C26H34O12/c1-34-18-11-15(6-7-16(18)30)25(38-26-24(33)23(32)22(31)20(12-28)37-26)21(13-29)36-17-8-5-14(4-3-9-27)10-19(17)35-2/h3-8,10-11,20-33H,9,12-13H2,1-2H3/b4-3+/t20-,21?,22-,23+,24-,25?,26+/m1/s1. The molecule has 210 valence electrons. The Morgan fingerprint density at radius 2 is 1.63 bits per heavy atom. The van der Waals surface area contributed by atoms with Crippen molar-refractivity contribution in [3.05, 3.63) is 53.6 Å². The lowest BCUT2D eigenvalue weighted by Crippen LogP contribution is -2.59. The molecule has 7 atom stereocenters. The Balaban J connectivity index is 1.98. The van der Waals surface area contributed by atoms with Gasteiger partial charge in [0.15, 0.2) is 35.4 Å². The van der Waals surface area contributed by atoms with Crippen molar-refractivity contribution in [2.45, 2.75) is 42.9 Å². The molecule has 38 heavy (non-hydrogen) atoms. The number of rotatable bonds is 12. The Hall–Kier alpha value is -2.94. The molecule has 12 nitrogen and oxygen atoms in total. The summed E-state index contributed by atoms with van der Waals surface area (Å²) in [7, 11) is 2.78. The molecule has 2 unspecified atom stereocenters.